The second-order valence-electron chi connectivity index (χ2n) is 8.03. The van der Waals surface area contributed by atoms with Gasteiger partial charge < -0.3 is 5.32 Å². The van der Waals surface area contributed by atoms with Crippen molar-refractivity contribution >= 4 is 27.3 Å². The van der Waals surface area contributed by atoms with Gasteiger partial charge in [-0.15, -0.1) is 0 Å². The van der Waals surface area contributed by atoms with E-state index in [2.05, 4.69) is 10.0 Å². The predicted octanol–water partition coefficient (Wildman–Crippen LogP) is 4.55. The van der Waals surface area contributed by atoms with Crippen molar-refractivity contribution in [2.75, 3.05) is 15.8 Å². The molecule has 0 atom stereocenters. The van der Waals surface area contributed by atoms with Crippen LogP contribution in [0.1, 0.15) is 54.4 Å². The Morgan fingerprint density at radius 2 is 1.66 bits per heavy atom. The summed E-state index contributed by atoms with van der Waals surface area (Å²) in [4.78, 5) is 13.1. The summed E-state index contributed by atoms with van der Waals surface area (Å²) in [5.41, 5.74) is 4.60. The molecule has 0 saturated heterocycles. The highest BCUT2D eigenvalue weighted by atomic mass is 32.2. The van der Waals surface area contributed by atoms with Crippen LogP contribution >= 0.6 is 0 Å². The summed E-state index contributed by atoms with van der Waals surface area (Å²) < 4.78 is 28.3. The van der Waals surface area contributed by atoms with E-state index in [9.17, 15) is 13.2 Å². The number of fused-ring (bicyclic) bond motifs is 1. The monoisotopic (exact) mass is 452 g/mol. The molecule has 0 fully saturated rings. The van der Waals surface area contributed by atoms with Crippen LogP contribution in [0.4, 0.5) is 11.4 Å². The van der Waals surface area contributed by atoms with Crippen LogP contribution in [0.25, 0.3) is 5.69 Å². The average molecular weight is 453 g/mol. The van der Waals surface area contributed by atoms with E-state index in [1.54, 1.807) is 24.3 Å². The minimum Gasteiger partial charge on any atom is -0.321 e. The lowest BCUT2D eigenvalue weighted by molar-refractivity contribution is 0.102. The van der Waals surface area contributed by atoms with Crippen molar-refractivity contribution in [3.8, 4) is 5.69 Å². The number of nitrogens with zero attached hydrogens (tertiary/aromatic N) is 2. The maximum absolute atomic E-state index is 13.1. The van der Waals surface area contributed by atoms with Crippen LogP contribution < -0.4 is 10.0 Å². The third-order valence-corrected chi connectivity index (χ3v) is 7.03. The maximum atomic E-state index is 13.1. The summed E-state index contributed by atoms with van der Waals surface area (Å²) in [5, 5.41) is 7.62. The number of nitrogens with one attached hydrogen (secondary N) is 2. The average Bonchev–Trinajstić information content (AvgIpc) is 2.96. The first-order chi connectivity index (χ1) is 15.5. The Bertz CT molecular complexity index is 1190. The molecule has 4 rings (SSSR count). The van der Waals surface area contributed by atoms with Gasteiger partial charge in [0, 0.05) is 22.6 Å². The highest BCUT2D eigenvalue weighted by Crippen LogP contribution is 2.27. The number of anilines is 2. The van der Waals surface area contributed by atoms with Crippen molar-refractivity contribution in [1.29, 1.82) is 0 Å². The summed E-state index contributed by atoms with van der Waals surface area (Å²) in [6.45, 7) is 1.82. The third-order valence-electron chi connectivity index (χ3n) is 5.54. The van der Waals surface area contributed by atoms with E-state index in [0.717, 1.165) is 49.0 Å². The summed E-state index contributed by atoms with van der Waals surface area (Å²) in [7, 11) is -3.35. The number of rotatable bonds is 7. The number of benzene rings is 2. The van der Waals surface area contributed by atoms with Gasteiger partial charge in [0.2, 0.25) is 10.0 Å². The van der Waals surface area contributed by atoms with Crippen molar-refractivity contribution in [3.63, 3.8) is 0 Å². The molecule has 0 saturated carbocycles. The predicted molar refractivity (Wildman–Crippen MR) is 127 cm³/mol. The van der Waals surface area contributed by atoms with Gasteiger partial charge in [0.1, 0.15) is 0 Å². The molecular weight excluding hydrogens is 424 g/mol. The Labute approximate surface area is 188 Å². The Kier molecular flexibility index (Phi) is 6.60. The van der Waals surface area contributed by atoms with E-state index in [0.29, 0.717) is 23.5 Å². The van der Waals surface area contributed by atoms with Gasteiger partial charge in [-0.2, -0.15) is 5.10 Å². The van der Waals surface area contributed by atoms with E-state index in [4.69, 9.17) is 5.10 Å². The van der Waals surface area contributed by atoms with Crippen LogP contribution in [-0.4, -0.2) is 29.9 Å². The molecule has 0 aliphatic heterocycles. The number of sulfonamides is 1. The number of aromatic nitrogens is 2. The molecule has 0 spiro atoms. The van der Waals surface area contributed by atoms with E-state index in [1.807, 2.05) is 41.9 Å². The molecule has 1 amide bonds. The Hall–Kier alpha value is -3.13. The second-order valence-corrected chi connectivity index (χ2v) is 9.88. The van der Waals surface area contributed by atoms with Crippen molar-refractivity contribution in [3.05, 3.63) is 71.5 Å². The van der Waals surface area contributed by atoms with E-state index >= 15 is 0 Å². The largest absolute Gasteiger partial charge is 0.321 e. The first kappa shape index (κ1) is 22.1. The summed E-state index contributed by atoms with van der Waals surface area (Å²) in [6.07, 6.45) is 5.55. The fourth-order valence-electron chi connectivity index (χ4n) is 4.05. The number of hydrogen-bond donors (Lipinski definition) is 2. The Morgan fingerprint density at radius 1 is 0.969 bits per heavy atom. The summed E-state index contributed by atoms with van der Waals surface area (Å²) in [6, 6.07) is 16.6. The molecule has 3 aromatic rings. The quantitative estimate of drug-likeness (QED) is 0.515. The van der Waals surface area contributed by atoms with Gasteiger partial charge in [-0.1, -0.05) is 31.5 Å². The summed E-state index contributed by atoms with van der Waals surface area (Å²) >= 11 is 0. The smallest absolute Gasteiger partial charge is 0.276 e. The van der Waals surface area contributed by atoms with Crippen molar-refractivity contribution in [2.45, 2.75) is 45.4 Å². The van der Waals surface area contributed by atoms with E-state index in [1.165, 1.54) is 0 Å². The van der Waals surface area contributed by atoms with Gasteiger partial charge in [0.25, 0.3) is 5.91 Å². The number of para-hydroxylation sites is 1. The fraction of sp³-hybridized carbons (Fsp3) is 0.333. The third kappa shape index (κ3) is 5.02. The Balaban J connectivity index is 1.57. The molecule has 168 valence electrons. The molecular formula is C24H28N4O3S. The van der Waals surface area contributed by atoms with Crippen LogP contribution in [0.15, 0.2) is 54.6 Å². The lowest BCUT2D eigenvalue weighted by atomic mass is 10.1. The number of amides is 1. The van der Waals surface area contributed by atoms with Gasteiger partial charge in [-0.3, -0.25) is 9.52 Å². The van der Waals surface area contributed by atoms with Crippen molar-refractivity contribution in [1.82, 2.24) is 9.78 Å². The topological polar surface area (TPSA) is 93.1 Å². The van der Waals surface area contributed by atoms with E-state index in [-0.39, 0.29) is 11.7 Å². The number of hydrogen-bond acceptors (Lipinski definition) is 4. The van der Waals surface area contributed by atoms with Crippen molar-refractivity contribution in [2.24, 2.45) is 0 Å². The first-order valence-electron chi connectivity index (χ1n) is 11.0. The van der Waals surface area contributed by atoms with Gasteiger partial charge >= 0.3 is 0 Å². The molecule has 0 bridgehead atoms. The SMILES string of the molecule is CCCS(=O)(=O)Nc1ccc(NC(=O)c2nn(-c3ccccc3)c3c2CCCCC3)cc1. The van der Waals surface area contributed by atoms with Crippen LogP contribution in [-0.2, 0) is 22.9 Å². The molecule has 2 N–H and O–H groups in total. The van der Waals surface area contributed by atoms with E-state index < -0.39 is 10.0 Å². The molecule has 7 nitrogen and oxygen atoms in total. The van der Waals surface area contributed by atoms with Gasteiger partial charge in [0.05, 0.1) is 11.4 Å². The maximum Gasteiger partial charge on any atom is 0.276 e. The second kappa shape index (κ2) is 9.56. The summed E-state index contributed by atoms with van der Waals surface area (Å²) in [5.74, 6) is -0.183. The lowest BCUT2D eigenvalue weighted by Crippen LogP contribution is -2.16. The normalized spacial score (nSPS) is 13.8. The standard InChI is InChI=1S/C24H28N4O3S/c1-2-17-32(30,31)27-19-15-13-18(14-16-19)25-24(29)23-21-11-7-4-8-12-22(21)28(26-23)20-9-5-3-6-10-20/h3,5-6,9-10,13-16,27H,2,4,7-8,11-12,17H2,1H3,(H,25,29). The first-order valence-corrected chi connectivity index (χ1v) is 12.7. The molecule has 8 heteroatoms. The molecule has 0 radical (unpaired) electrons. The minimum atomic E-state index is -3.35. The van der Waals surface area contributed by atoms with Gasteiger partial charge in [-0.25, -0.2) is 13.1 Å². The highest BCUT2D eigenvalue weighted by Gasteiger charge is 2.24. The van der Waals surface area contributed by atoms with Crippen LogP contribution in [0, 0.1) is 0 Å². The van der Waals surface area contributed by atoms with Crippen molar-refractivity contribution < 1.29 is 13.2 Å². The van der Waals surface area contributed by atoms with Gasteiger partial charge in [0.15, 0.2) is 5.69 Å². The molecule has 0 unspecified atom stereocenters. The zero-order valence-corrected chi connectivity index (χ0v) is 19.0. The number of carbonyl (C=O) groups is 1. The molecule has 1 heterocycles. The minimum absolute atomic E-state index is 0.0701. The zero-order valence-electron chi connectivity index (χ0n) is 18.2. The number of carbonyl (C=O) groups excluding carboxylic acids is 1. The van der Waals surface area contributed by atoms with Crippen LogP contribution in [0.5, 0.6) is 0 Å². The lowest BCUT2D eigenvalue weighted by Gasteiger charge is -2.09. The molecule has 32 heavy (non-hydrogen) atoms. The van der Waals surface area contributed by atoms with Crippen LogP contribution in [0.3, 0.4) is 0 Å². The molecule has 2 aromatic carbocycles. The van der Waals surface area contributed by atoms with Crippen LogP contribution in [0.2, 0.25) is 0 Å². The fourth-order valence-corrected chi connectivity index (χ4v) is 5.19. The molecule has 1 aromatic heterocycles. The highest BCUT2D eigenvalue weighted by molar-refractivity contribution is 7.92. The molecule has 1 aliphatic carbocycles. The van der Waals surface area contributed by atoms with Gasteiger partial charge in [-0.05, 0) is 68.5 Å². The zero-order chi connectivity index (χ0) is 22.6. The Morgan fingerprint density at radius 3 is 2.38 bits per heavy atom. The molecule has 1 aliphatic rings.